The predicted molar refractivity (Wildman–Crippen MR) is 121 cm³/mol. The van der Waals surface area contributed by atoms with Crippen molar-refractivity contribution in [2.75, 3.05) is 25.0 Å². The summed E-state index contributed by atoms with van der Waals surface area (Å²) in [4.78, 5) is 40.6. The molecule has 0 saturated carbocycles. The molecule has 2 heterocycles. The molecule has 1 N–H and O–H groups in total. The van der Waals surface area contributed by atoms with Gasteiger partial charge in [0.1, 0.15) is 5.00 Å². The molecule has 2 aromatic rings. The molecule has 0 radical (unpaired) electrons. The second-order valence-corrected chi connectivity index (χ2v) is 9.41. The molecule has 6 nitrogen and oxygen atoms in total. The minimum Gasteiger partial charge on any atom is -0.462 e. The second kappa shape index (κ2) is 9.75. The number of ether oxygens (including phenoxy) is 1. The van der Waals surface area contributed by atoms with E-state index < -0.39 is 5.97 Å². The van der Waals surface area contributed by atoms with Crippen LogP contribution in [-0.4, -0.2) is 42.4 Å². The van der Waals surface area contributed by atoms with Gasteiger partial charge in [-0.3, -0.25) is 9.59 Å². The molecule has 0 atom stereocenters. The van der Waals surface area contributed by atoms with Gasteiger partial charge >= 0.3 is 5.97 Å². The Morgan fingerprint density at radius 1 is 1.17 bits per heavy atom. The molecule has 1 aliphatic heterocycles. The zero-order valence-corrected chi connectivity index (χ0v) is 19.7. The highest BCUT2D eigenvalue weighted by Crippen LogP contribution is 2.34. The summed E-state index contributed by atoms with van der Waals surface area (Å²) in [7, 11) is 0. The van der Waals surface area contributed by atoms with E-state index in [2.05, 4.69) is 21.2 Å². The van der Waals surface area contributed by atoms with Gasteiger partial charge in [0.2, 0.25) is 5.91 Å². The summed E-state index contributed by atoms with van der Waals surface area (Å²) in [5.41, 5.74) is 1.92. The van der Waals surface area contributed by atoms with Gasteiger partial charge in [-0.05, 0) is 63.4 Å². The van der Waals surface area contributed by atoms with Crippen molar-refractivity contribution < 1.29 is 19.1 Å². The van der Waals surface area contributed by atoms with Crippen molar-refractivity contribution in [1.29, 1.82) is 0 Å². The molecule has 30 heavy (non-hydrogen) atoms. The van der Waals surface area contributed by atoms with Gasteiger partial charge in [0.25, 0.3) is 5.91 Å². The van der Waals surface area contributed by atoms with Crippen molar-refractivity contribution >= 4 is 50.1 Å². The van der Waals surface area contributed by atoms with E-state index in [1.165, 1.54) is 11.3 Å². The topological polar surface area (TPSA) is 75.7 Å². The summed E-state index contributed by atoms with van der Waals surface area (Å²) < 4.78 is 6.08. The van der Waals surface area contributed by atoms with Crippen LogP contribution in [0.15, 0.2) is 28.7 Å². The number of esters is 1. The van der Waals surface area contributed by atoms with Crippen molar-refractivity contribution in [2.24, 2.45) is 5.92 Å². The van der Waals surface area contributed by atoms with Crippen molar-refractivity contribution in [3.63, 3.8) is 0 Å². The number of benzene rings is 1. The van der Waals surface area contributed by atoms with Gasteiger partial charge in [-0.15, -0.1) is 11.3 Å². The Labute approximate surface area is 188 Å². The summed E-state index contributed by atoms with van der Waals surface area (Å²) in [5, 5.41) is 3.48. The molecular weight excluding hydrogens is 468 g/mol. The van der Waals surface area contributed by atoms with E-state index in [0.717, 1.165) is 14.9 Å². The zero-order chi connectivity index (χ0) is 21.8. The number of piperidine rings is 1. The van der Waals surface area contributed by atoms with Crippen molar-refractivity contribution in [3.8, 4) is 0 Å². The summed E-state index contributed by atoms with van der Waals surface area (Å²) >= 11 is 4.76. The third-order valence-corrected chi connectivity index (χ3v) is 7.00. The van der Waals surface area contributed by atoms with Crippen molar-refractivity contribution in [1.82, 2.24) is 4.90 Å². The number of aryl methyl sites for hydroxylation is 1. The Morgan fingerprint density at radius 2 is 1.80 bits per heavy atom. The normalized spacial score (nSPS) is 14.5. The van der Waals surface area contributed by atoms with Gasteiger partial charge in [-0.1, -0.05) is 15.9 Å². The molecule has 1 aliphatic rings. The minimum atomic E-state index is -0.412. The Bertz CT molecular complexity index is 947. The molecule has 1 aromatic carbocycles. The monoisotopic (exact) mass is 492 g/mol. The quantitative estimate of drug-likeness (QED) is 0.608. The van der Waals surface area contributed by atoms with E-state index in [4.69, 9.17) is 4.74 Å². The predicted octanol–water partition coefficient (Wildman–Crippen LogP) is 4.80. The molecule has 0 spiro atoms. The Hall–Kier alpha value is -2.19. The molecule has 160 valence electrons. The minimum absolute atomic E-state index is 0.0181. The molecule has 0 unspecified atom stereocenters. The molecule has 8 heteroatoms. The number of thiophene rings is 1. The molecule has 3 rings (SSSR count). The van der Waals surface area contributed by atoms with E-state index in [1.807, 2.05) is 26.0 Å². The number of hydrogen-bond donors (Lipinski definition) is 1. The SMILES string of the molecule is CCOC(=O)c1c(NC(=O)C2CCN(C(=O)c3ccc(Br)cc3)CC2)sc(C)c1C. The lowest BCUT2D eigenvalue weighted by Crippen LogP contribution is -2.41. The highest BCUT2D eigenvalue weighted by molar-refractivity contribution is 9.10. The first-order valence-corrected chi connectivity index (χ1v) is 11.6. The van der Waals surface area contributed by atoms with E-state index in [0.29, 0.717) is 42.1 Å². The van der Waals surface area contributed by atoms with E-state index >= 15 is 0 Å². The third-order valence-electron chi connectivity index (χ3n) is 5.35. The van der Waals surface area contributed by atoms with Gasteiger partial charge in [0, 0.05) is 33.9 Å². The fourth-order valence-corrected chi connectivity index (χ4v) is 4.81. The van der Waals surface area contributed by atoms with Crippen LogP contribution < -0.4 is 5.32 Å². The number of likely N-dealkylation sites (tertiary alicyclic amines) is 1. The molecule has 0 bridgehead atoms. The van der Waals surface area contributed by atoms with Crippen LogP contribution in [0.25, 0.3) is 0 Å². The number of amides is 2. The van der Waals surface area contributed by atoms with Crippen LogP contribution in [0.2, 0.25) is 0 Å². The zero-order valence-electron chi connectivity index (χ0n) is 17.3. The Morgan fingerprint density at radius 3 is 2.40 bits per heavy atom. The van der Waals surface area contributed by atoms with Crippen LogP contribution in [0.5, 0.6) is 0 Å². The third kappa shape index (κ3) is 4.92. The molecule has 1 saturated heterocycles. The van der Waals surface area contributed by atoms with Gasteiger partial charge in [-0.2, -0.15) is 0 Å². The number of nitrogens with zero attached hydrogens (tertiary/aromatic N) is 1. The van der Waals surface area contributed by atoms with Gasteiger partial charge in [0.15, 0.2) is 0 Å². The van der Waals surface area contributed by atoms with Crippen molar-refractivity contribution in [2.45, 2.75) is 33.6 Å². The fraction of sp³-hybridized carbons (Fsp3) is 0.409. The molecule has 1 aromatic heterocycles. The number of halogens is 1. The largest absolute Gasteiger partial charge is 0.462 e. The number of hydrogen-bond acceptors (Lipinski definition) is 5. The lowest BCUT2D eigenvalue weighted by atomic mass is 9.95. The number of rotatable bonds is 5. The summed E-state index contributed by atoms with van der Waals surface area (Å²) in [5.74, 6) is -0.741. The highest BCUT2D eigenvalue weighted by Gasteiger charge is 2.30. The van der Waals surface area contributed by atoms with Crippen LogP contribution in [0, 0.1) is 19.8 Å². The highest BCUT2D eigenvalue weighted by atomic mass is 79.9. The van der Waals surface area contributed by atoms with Crippen LogP contribution in [0.3, 0.4) is 0 Å². The number of nitrogens with one attached hydrogen (secondary N) is 1. The maximum absolute atomic E-state index is 12.8. The maximum Gasteiger partial charge on any atom is 0.341 e. The Kier molecular flexibility index (Phi) is 7.31. The molecule has 1 fully saturated rings. The summed E-state index contributed by atoms with van der Waals surface area (Å²) in [6, 6.07) is 7.28. The standard InChI is InChI=1S/C22H25BrN2O4S/c1-4-29-22(28)18-13(2)14(3)30-20(18)24-19(26)15-9-11-25(12-10-15)21(27)16-5-7-17(23)8-6-16/h5-8,15H,4,9-12H2,1-3H3,(H,24,26). The first kappa shape index (κ1) is 22.5. The lowest BCUT2D eigenvalue weighted by molar-refractivity contribution is -0.121. The first-order valence-electron chi connectivity index (χ1n) is 9.94. The van der Waals surface area contributed by atoms with Crippen LogP contribution in [0.1, 0.15) is 50.9 Å². The van der Waals surface area contributed by atoms with E-state index in [9.17, 15) is 14.4 Å². The fourth-order valence-electron chi connectivity index (χ4n) is 3.50. The summed E-state index contributed by atoms with van der Waals surface area (Å²) in [6.45, 7) is 6.88. The first-order chi connectivity index (χ1) is 14.3. The lowest BCUT2D eigenvalue weighted by Gasteiger charge is -2.31. The van der Waals surface area contributed by atoms with E-state index in [1.54, 1.807) is 24.0 Å². The summed E-state index contributed by atoms with van der Waals surface area (Å²) in [6.07, 6.45) is 1.18. The maximum atomic E-state index is 12.8. The number of carbonyl (C=O) groups is 3. The van der Waals surface area contributed by atoms with Crippen molar-refractivity contribution in [3.05, 3.63) is 50.3 Å². The van der Waals surface area contributed by atoms with Gasteiger partial charge < -0.3 is 15.0 Å². The average Bonchev–Trinajstić information content (AvgIpc) is 3.01. The van der Waals surface area contributed by atoms with E-state index in [-0.39, 0.29) is 24.3 Å². The van der Waals surface area contributed by atoms with Gasteiger partial charge in [0.05, 0.1) is 12.2 Å². The Balaban J connectivity index is 1.62. The average molecular weight is 493 g/mol. The smallest absolute Gasteiger partial charge is 0.341 e. The second-order valence-electron chi connectivity index (χ2n) is 7.27. The number of carbonyl (C=O) groups excluding carboxylic acids is 3. The van der Waals surface area contributed by atoms with Crippen LogP contribution in [0.4, 0.5) is 5.00 Å². The van der Waals surface area contributed by atoms with Gasteiger partial charge in [-0.25, -0.2) is 4.79 Å². The molecule has 2 amide bonds. The van der Waals surface area contributed by atoms with Crippen LogP contribution >= 0.6 is 27.3 Å². The number of anilines is 1. The molecular formula is C22H25BrN2O4S. The molecule has 0 aliphatic carbocycles. The van der Waals surface area contributed by atoms with Crippen LogP contribution in [-0.2, 0) is 9.53 Å².